The number of carbonyl (C=O) groups excluding carboxylic acids is 2. The molecule has 0 saturated heterocycles. The number of nitrogens with zero attached hydrogens (tertiary/aromatic N) is 1. The molecular formula is C20H15ClN2O3S. The van der Waals surface area contributed by atoms with Crippen LogP contribution in [0.15, 0.2) is 64.2 Å². The SMILES string of the molecule is Cc1c(Cl)cccc1NC1=C(c2cccs2)C(=O)N(Cc2ccco2)C1=O. The molecule has 0 saturated carbocycles. The van der Waals surface area contributed by atoms with E-state index in [2.05, 4.69) is 5.32 Å². The van der Waals surface area contributed by atoms with Gasteiger partial charge >= 0.3 is 0 Å². The van der Waals surface area contributed by atoms with Gasteiger partial charge in [-0.3, -0.25) is 14.5 Å². The highest BCUT2D eigenvalue weighted by atomic mass is 35.5. The molecule has 27 heavy (non-hydrogen) atoms. The number of furan rings is 1. The predicted octanol–water partition coefficient (Wildman–Crippen LogP) is 4.70. The number of carbonyl (C=O) groups is 2. The van der Waals surface area contributed by atoms with Crippen LogP contribution in [0, 0.1) is 6.92 Å². The molecule has 1 aliphatic rings. The molecule has 1 aliphatic heterocycles. The van der Waals surface area contributed by atoms with Crippen molar-refractivity contribution in [2.24, 2.45) is 0 Å². The van der Waals surface area contributed by atoms with E-state index in [1.165, 1.54) is 22.5 Å². The van der Waals surface area contributed by atoms with Crippen molar-refractivity contribution in [3.8, 4) is 0 Å². The first-order valence-corrected chi connectivity index (χ1v) is 9.51. The highest BCUT2D eigenvalue weighted by Gasteiger charge is 2.40. The number of thiophene rings is 1. The van der Waals surface area contributed by atoms with Gasteiger partial charge in [0.25, 0.3) is 11.8 Å². The van der Waals surface area contributed by atoms with Crippen LogP contribution >= 0.6 is 22.9 Å². The van der Waals surface area contributed by atoms with Crippen molar-refractivity contribution in [3.05, 3.63) is 81.0 Å². The van der Waals surface area contributed by atoms with Gasteiger partial charge in [0.05, 0.1) is 18.4 Å². The van der Waals surface area contributed by atoms with Crippen molar-refractivity contribution in [2.45, 2.75) is 13.5 Å². The van der Waals surface area contributed by atoms with E-state index in [9.17, 15) is 9.59 Å². The Hall–Kier alpha value is -2.83. The molecule has 4 rings (SSSR count). The second-order valence-corrected chi connectivity index (χ2v) is 7.40. The van der Waals surface area contributed by atoms with Gasteiger partial charge < -0.3 is 9.73 Å². The van der Waals surface area contributed by atoms with E-state index in [1.807, 2.05) is 30.5 Å². The Morgan fingerprint density at radius 2 is 1.96 bits per heavy atom. The number of imide groups is 1. The third-order valence-electron chi connectivity index (χ3n) is 4.36. The van der Waals surface area contributed by atoms with Crippen molar-refractivity contribution < 1.29 is 14.0 Å². The van der Waals surface area contributed by atoms with Gasteiger partial charge in [-0.2, -0.15) is 0 Å². The molecule has 3 aromatic rings. The fourth-order valence-electron chi connectivity index (χ4n) is 2.92. The van der Waals surface area contributed by atoms with E-state index >= 15 is 0 Å². The molecule has 0 unspecified atom stereocenters. The van der Waals surface area contributed by atoms with Crippen LogP contribution in [0.3, 0.4) is 0 Å². The van der Waals surface area contributed by atoms with Gasteiger partial charge in [-0.15, -0.1) is 11.3 Å². The Morgan fingerprint density at radius 3 is 2.67 bits per heavy atom. The topological polar surface area (TPSA) is 62.6 Å². The smallest absolute Gasteiger partial charge is 0.278 e. The maximum Gasteiger partial charge on any atom is 0.278 e. The van der Waals surface area contributed by atoms with Crippen LogP contribution in [-0.2, 0) is 16.1 Å². The fourth-order valence-corrected chi connectivity index (χ4v) is 3.86. The summed E-state index contributed by atoms with van der Waals surface area (Å²) in [5.41, 5.74) is 2.11. The lowest BCUT2D eigenvalue weighted by Gasteiger charge is -2.14. The maximum absolute atomic E-state index is 13.1. The zero-order chi connectivity index (χ0) is 19.0. The fraction of sp³-hybridized carbons (Fsp3) is 0.100. The van der Waals surface area contributed by atoms with Crippen LogP contribution in [0.1, 0.15) is 16.2 Å². The molecule has 0 atom stereocenters. The number of amides is 2. The zero-order valence-corrected chi connectivity index (χ0v) is 15.9. The number of rotatable bonds is 5. The van der Waals surface area contributed by atoms with E-state index in [4.69, 9.17) is 16.0 Å². The van der Waals surface area contributed by atoms with Crippen molar-refractivity contribution in [1.29, 1.82) is 0 Å². The molecule has 0 bridgehead atoms. The average molecular weight is 399 g/mol. The summed E-state index contributed by atoms with van der Waals surface area (Å²) in [6, 6.07) is 12.5. The molecule has 2 amide bonds. The van der Waals surface area contributed by atoms with Crippen LogP contribution in [0.2, 0.25) is 5.02 Å². The summed E-state index contributed by atoms with van der Waals surface area (Å²) < 4.78 is 5.31. The summed E-state index contributed by atoms with van der Waals surface area (Å²) >= 11 is 7.61. The lowest BCUT2D eigenvalue weighted by atomic mass is 10.1. The van der Waals surface area contributed by atoms with E-state index in [-0.39, 0.29) is 24.1 Å². The molecule has 2 aromatic heterocycles. The molecule has 0 fully saturated rings. The Bertz CT molecular complexity index is 1040. The number of halogens is 1. The second-order valence-electron chi connectivity index (χ2n) is 6.04. The molecule has 136 valence electrons. The zero-order valence-electron chi connectivity index (χ0n) is 14.4. The molecule has 0 radical (unpaired) electrons. The quantitative estimate of drug-likeness (QED) is 0.633. The van der Waals surface area contributed by atoms with E-state index in [0.29, 0.717) is 22.0 Å². The summed E-state index contributed by atoms with van der Waals surface area (Å²) in [5, 5.41) is 5.60. The molecule has 0 aliphatic carbocycles. The Kier molecular flexibility index (Phi) is 4.59. The second kappa shape index (κ2) is 7.06. The summed E-state index contributed by atoms with van der Waals surface area (Å²) in [5.74, 6) is -0.192. The Balaban J connectivity index is 1.75. The molecular weight excluding hydrogens is 384 g/mol. The van der Waals surface area contributed by atoms with Crippen molar-refractivity contribution in [2.75, 3.05) is 5.32 Å². The molecule has 1 aromatic carbocycles. The van der Waals surface area contributed by atoms with Crippen molar-refractivity contribution in [3.63, 3.8) is 0 Å². The van der Waals surface area contributed by atoms with E-state index in [1.54, 1.807) is 24.3 Å². The summed E-state index contributed by atoms with van der Waals surface area (Å²) in [4.78, 5) is 28.0. The molecule has 0 spiro atoms. The van der Waals surface area contributed by atoms with Crippen LogP contribution < -0.4 is 5.32 Å². The van der Waals surface area contributed by atoms with Crippen LogP contribution in [-0.4, -0.2) is 16.7 Å². The molecule has 3 heterocycles. The predicted molar refractivity (Wildman–Crippen MR) is 105 cm³/mol. The van der Waals surface area contributed by atoms with Gasteiger partial charge in [-0.1, -0.05) is 23.7 Å². The average Bonchev–Trinajstić information content (AvgIpc) is 3.39. The van der Waals surface area contributed by atoms with Gasteiger partial charge in [-0.25, -0.2) is 0 Å². The lowest BCUT2D eigenvalue weighted by Crippen LogP contribution is -2.31. The molecule has 7 heteroatoms. The number of benzene rings is 1. The highest BCUT2D eigenvalue weighted by molar-refractivity contribution is 7.11. The van der Waals surface area contributed by atoms with E-state index < -0.39 is 0 Å². The molecule has 5 nitrogen and oxygen atoms in total. The molecule has 1 N–H and O–H groups in total. The number of anilines is 1. The van der Waals surface area contributed by atoms with Gasteiger partial charge in [0, 0.05) is 15.6 Å². The van der Waals surface area contributed by atoms with Crippen LogP contribution in [0.25, 0.3) is 5.57 Å². The number of hydrogen-bond donors (Lipinski definition) is 1. The standard InChI is InChI=1S/C20H15ClN2O3S/c1-12-14(21)6-2-7-15(12)22-18-17(16-8-4-10-27-16)19(24)23(20(18)25)11-13-5-3-9-26-13/h2-10,22H,11H2,1H3. The van der Waals surface area contributed by atoms with Crippen molar-refractivity contribution in [1.82, 2.24) is 4.90 Å². The summed E-state index contributed by atoms with van der Waals surface area (Å²) in [6.07, 6.45) is 1.52. The van der Waals surface area contributed by atoms with Gasteiger partial charge in [0.15, 0.2) is 0 Å². The third kappa shape index (κ3) is 3.18. The van der Waals surface area contributed by atoms with Crippen LogP contribution in [0.4, 0.5) is 5.69 Å². The monoisotopic (exact) mass is 398 g/mol. The minimum atomic E-state index is -0.390. The first-order valence-electron chi connectivity index (χ1n) is 8.25. The highest BCUT2D eigenvalue weighted by Crippen LogP contribution is 2.35. The Morgan fingerprint density at radius 1 is 1.11 bits per heavy atom. The first-order chi connectivity index (χ1) is 13.1. The van der Waals surface area contributed by atoms with Crippen LogP contribution in [0.5, 0.6) is 0 Å². The van der Waals surface area contributed by atoms with Crippen molar-refractivity contribution >= 4 is 46.0 Å². The number of nitrogens with one attached hydrogen (secondary N) is 1. The normalized spacial score (nSPS) is 14.4. The summed E-state index contributed by atoms with van der Waals surface area (Å²) in [7, 11) is 0. The first kappa shape index (κ1) is 17.6. The van der Waals surface area contributed by atoms with Gasteiger partial charge in [-0.05, 0) is 48.2 Å². The third-order valence-corrected chi connectivity index (χ3v) is 5.65. The lowest BCUT2D eigenvalue weighted by molar-refractivity contribution is -0.137. The largest absolute Gasteiger partial charge is 0.467 e. The van der Waals surface area contributed by atoms with Gasteiger partial charge in [0.1, 0.15) is 11.5 Å². The van der Waals surface area contributed by atoms with E-state index in [0.717, 1.165) is 10.4 Å². The minimum absolute atomic E-state index is 0.0826. The van der Waals surface area contributed by atoms with Gasteiger partial charge in [0.2, 0.25) is 0 Å². The Labute approximate surface area is 164 Å². The minimum Gasteiger partial charge on any atom is -0.467 e. The summed E-state index contributed by atoms with van der Waals surface area (Å²) in [6.45, 7) is 1.94. The maximum atomic E-state index is 13.1. The number of hydrogen-bond acceptors (Lipinski definition) is 5.